The fourth-order valence-electron chi connectivity index (χ4n) is 4.01. The molecule has 0 unspecified atom stereocenters. The number of aromatic amines is 1. The van der Waals surface area contributed by atoms with Crippen LogP contribution in [0.4, 0.5) is 11.4 Å². The number of nitrogens with zero attached hydrogens (tertiary/aromatic N) is 5. The van der Waals surface area contributed by atoms with E-state index in [1.54, 1.807) is 31.4 Å². The molecule has 10 heteroatoms. The summed E-state index contributed by atoms with van der Waals surface area (Å²) in [6.07, 6.45) is 3.00. The summed E-state index contributed by atoms with van der Waals surface area (Å²) in [4.78, 5) is 39.9. The van der Waals surface area contributed by atoms with Crippen molar-refractivity contribution in [2.24, 2.45) is 0 Å². The number of ether oxygens (including phenoxy) is 1. The minimum atomic E-state index is -2.21. The maximum atomic E-state index is 12.7. The van der Waals surface area contributed by atoms with E-state index < -0.39 is 12.9 Å². The van der Waals surface area contributed by atoms with Crippen LogP contribution in [0.25, 0.3) is 16.9 Å². The normalized spacial score (nSPS) is 12.6. The van der Waals surface area contributed by atoms with Crippen molar-refractivity contribution in [1.82, 2.24) is 24.4 Å². The second-order valence-corrected chi connectivity index (χ2v) is 8.51. The van der Waals surface area contributed by atoms with Gasteiger partial charge in [0.15, 0.2) is 0 Å². The summed E-state index contributed by atoms with van der Waals surface area (Å²) >= 11 is 0. The molecule has 192 valence electrons. The lowest BCUT2D eigenvalue weighted by Crippen LogP contribution is -2.29. The number of H-pyrrole nitrogens is 1. The van der Waals surface area contributed by atoms with Gasteiger partial charge in [-0.05, 0) is 44.4 Å². The van der Waals surface area contributed by atoms with E-state index in [0.717, 1.165) is 0 Å². The predicted octanol–water partition coefficient (Wildman–Crippen LogP) is 2.83. The molecule has 0 atom stereocenters. The van der Waals surface area contributed by atoms with Crippen molar-refractivity contribution in [2.75, 3.05) is 51.5 Å². The number of likely N-dealkylation sites (N-methyl/N-ethyl adjacent to an activating group) is 2. The van der Waals surface area contributed by atoms with Crippen LogP contribution in [0, 0.1) is 0 Å². The molecule has 4 aromatic rings. The molecule has 2 N–H and O–H groups in total. The lowest BCUT2D eigenvalue weighted by Gasteiger charge is -2.25. The second-order valence-electron chi connectivity index (χ2n) is 8.51. The molecule has 2 heterocycles. The van der Waals surface area contributed by atoms with E-state index in [0.29, 0.717) is 51.9 Å². The van der Waals surface area contributed by atoms with Gasteiger partial charge in [0.05, 0.1) is 29.5 Å². The van der Waals surface area contributed by atoms with E-state index >= 15 is 0 Å². The largest absolute Gasteiger partial charge is 0.496 e. The van der Waals surface area contributed by atoms with E-state index in [2.05, 4.69) is 26.8 Å². The molecule has 37 heavy (non-hydrogen) atoms. The first-order chi connectivity index (χ1) is 19.0. The number of aromatic nitrogens is 4. The fraction of sp³-hybridized carbons (Fsp3) is 0.259. The summed E-state index contributed by atoms with van der Waals surface area (Å²) < 4.78 is 29.9. The van der Waals surface area contributed by atoms with Gasteiger partial charge < -0.3 is 24.8 Å². The Morgan fingerprint density at radius 2 is 2.08 bits per heavy atom. The third kappa shape index (κ3) is 5.70. The number of anilines is 2. The molecular formula is C27H31N7O3. The first-order valence-electron chi connectivity index (χ1n) is 13.1. The van der Waals surface area contributed by atoms with Crippen LogP contribution in [0.5, 0.6) is 5.75 Å². The Labute approximate surface area is 219 Å². The first kappa shape index (κ1) is 21.8. The quantitative estimate of drug-likeness (QED) is 0.320. The number of methoxy groups -OCH3 is 1. The molecule has 1 amide bonds. The number of hydrogen-bond donors (Lipinski definition) is 2. The number of rotatable bonds is 10. The minimum Gasteiger partial charge on any atom is -0.496 e. The number of carbonyl (C=O) groups excluding carboxylic acids is 1. The molecule has 2 aromatic heterocycles. The van der Waals surface area contributed by atoms with Gasteiger partial charge in [0.1, 0.15) is 17.4 Å². The first-order valence-corrected chi connectivity index (χ1v) is 11.6. The highest BCUT2D eigenvalue weighted by Crippen LogP contribution is 2.34. The van der Waals surface area contributed by atoms with Crippen molar-refractivity contribution in [1.29, 1.82) is 0 Å². The summed E-state index contributed by atoms with van der Waals surface area (Å²) in [7, 11) is 4.87. The van der Waals surface area contributed by atoms with E-state index in [1.165, 1.54) is 29.7 Å². The van der Waals surface area contributed by atoms with Gasteiger partial charge in [-0.2, -0.15) is 0 Å². The third-order valence-electron chi connectivity index (χ3n) is 5.88. The Hall–Kier alpha value is -4.44. The van der Waals surface area contributed by atoms with Gasteiger partial charge in [-0.1, -0.05) is 18.7 Å². The highest BCUT2D eigenvalue weighted by Gasteiger charge is 2.17. The van der Waals surface area contributed by atoms with E-state index in [1.807, 2.05) is 29.2 Å². The zero-order chi connectivity index (χ0) is 29.0. The van der Waals surface area contributed by atoms with Crippen molar-refractivity contribution in [2.45, 2.75) is 6.42 Å². The van der Waals surface area contributed by atoms with Crippen LogP contribution in [0.15, 0.2) is 66.1 Å². The minimum absolute atomic E-state index is 0.247. The molecule has 0 spiro atoms. The van der Waals surface area contributed by atoms with Crippen molar-refractivity contribution < 1.29 is 13.6 Å². The lowest BCUT2D eigenvalue weighted by atomic mass is 10.1. The highest BCUT2D eigenvalue weighted by atomic mass is 16.5. The van der Waals surface area contributed by atoms with Gasteiger partial charge in [-0.3, -0.25) is 4.79 Å². The fourth-order valence-corrected chi connectivity index (χ4v) is 4.01. The summed E-state index contributed by atoms with van der Waals surface area (Å²) in [5, 5.41) is 2.83. The van der Waals surface area contributed by atoms with Crippen LogP contribution in [0.2, 0.25) is 0 Å². The molecule has 2 aromatic carbocycles. The molecule has 4 rings (SSSR count). The Morgan fingerprint density at radius 1 is 1.27 bits per heavy atom. The number of fused-ring (bicyclic) bond motifs is 1. The molecule has 0 bridgehead atoms. The maximum absolute atomic E-state index is 12.7. The predicted molar refractivity (Wildman–Crippen MR) is 146 cm³/mol. The van der Waals surface area contributed by atoms with Crippen LogP contribution in [0.3, 0.4) is 0 Å². The van der Waals surface area contributed by atoms with Crippen molar-refractivity contribution >= 4 is 28.3 Å². The summed E-state index contributed by atoms with van der Waals surface area (Å²) in [6, 6.07) is 12.5. The van der Waals surface area contributed by atoms with Crippen LogP contribution < -0.4 is 20.6 Å². The van der Waals surface area contributed by atoms with Crippen LogP contribution >= 0.6 is 0 Å². The Morgan fingerprint density at radius 3 is 2.84 bits per heavy atom. The lowest BCUT2D eigenvalue weighted by molar-refractivity contribution is -0.111. The average molecular weight is 505 g/mol. The molecule has 0 fully saturated rings. The zero-order valence-electron chi connectivity index (χ0n) is 24.0. The smallest absolute Gasteiger partial charge is 0.332 e. The van der Waals surface area contributed by atoms with E-state index in [-0.39, 0.29) is 18.7 Å². The molecule has 0 aliphatic carbocycles. The topological polar surface area (TPSA) is 108 Å². The van der Waals surface area contributed by atoms with Gasteiger partial charge in [0, 0.05) is 48.5 Å². The molecule has 0 aliphatic rings. The number of amides is 1. The number of hydrogen-bond acceptors (Lipinski definition) is 7. The van der Waals surface area contributed by atoms with Gasteiger partial charge in [0.25, 0.3) is 0 Å². The van der Waals surface area contributed by atoms with Crippen LogP contribution in [0.1, 0.15) is 15.5 Å². The Kier molecular flexibility index (Phi) is 6.54. The standard InChI is InChI=1S/C27H31N7O3/c1-6-26(35)29-20-15-18(23(37-5)17-22(20)33(4)14-13-32(2)3)16-24-28-12-11-25(31-24)34-21-10-8-7-9-19(21)30-27(34)36/h6-12,15,17H,1,13-14,16H2,2-5H3,(H,29,35)(H,30,36)/i2D3. The molecule has 0 aliphatic heterocycles. The highest BCUT2D eigenvalue weighted by molar-refractivity contribution is 6.01. The molecule has 0 radical (unpaired) electrons. The van der Waals surface area contributed by atoms with Crippen molar-refractivity contribution in [3.05, 3.63) is 83.2 Å². The van der Waals surface area contributed by atoms with Gasteiger partial charge in [-0.25, -0.2) is 19.3 Å². The molecule has 0 saturated carbocycles. The number of imidazole rings is 1. The van der Waals surface area contributed by atoms with Gasteiger partial charge in [-0.15, -0.1) is 0 Å². The summed E-state index contributed by atoms with van der Waals surface area (Å²) in [5.41, 5.74) is 2.90. The summed E-state index contributed by atoms with van der Waals surface area (Å²) in [5.74, 6) is 0.985. The summed E-state index contributed by atoms with van der Waals surface area (Å²) in [6.45, 7) is 1.96. The number of nitrogens with one attached hydrogen (secondary N) is 2. The average Bonchev–Trinajstić information content (AvgIpc) is 3.26. The molecule has 10 nitrogen and oxygen atoms in total. The van der Waals surface area contributed by atoms with Crippen molar-refractivity contribution in [3.8, 4) is 11.6 Å². The van der Waals surface area contributed by atoms with E-state index in [4.69, 9.17) is 8.85 Å². The number of carbonyl (C=O) groups is 1. The molecular weight excluding hydrogens is 470 g/mol. The SMILES string of the molecule is [2H]C([2H])([2H])N(C)CCN(C)c1cc(OC)c(Cc2nccc(-n3c(=O)[nH]c4ccccc43)n2)cc1NC(=O)C=C. The monoisotopic (exact) mass is 504 g/mol. The third-order valence-corrected chi connectivity index (χ3v) is 5.88. The van der Waals surface area contributed by atoms with Crippen LogP contribution in [-0.4, -0.2) is 71.6 Å². The van der Waals surface area contributed by atoms with Crippen molar-refractivity contribution in [3.63, 3.8) is 0 Å². The van der Waals surface area contributed by atoms with Gasteiger partial charge >= 0.3 is 5.69 Å². The Balaban J connectivity index is 1.69. The number of benzene rings is 2. The maximum Gasteiger partial charge on any atom is 0.332 e. The molecule has 0 saturated heterocycles. The van der Waals surface area contributed by atoms with Gasteiger partial charge in [0.2, 0.25) is 5.91 Å². The van der Waals surface area contributed by atoms with E-state index in [9.17, 15) is 9.59 Å². The Bertz CT molecular complexity index is 1600. The van der Waals surface area contributed by atoms with Crippen LogP contribution in [-0.2, 0) is 11.2 Å². The number of para-hydroxylation sites is 2. The zero-order valence-corrected chi connectivity index (χ0v) is 21.0. The second kappa shape index (κ2) is 11.1.